The van der Waals surface area contributed by atoms with E-state index in [-0.39, 0.29) is 0 Å². The number of unbranched alkanes of at least 4 members (excludes halogenated alkanes) is 1. The van der Waals surface area contributed by atoms with Gasteiger partial charge in [-0.2, -0.15) is 0 Å². The number of fused-ring (bicyclic) bond motifs is 1. The number of rotatable bonds is 6. The molecule has 2 aromatic carbocycles. The third-order valence-electron chi connectivity index (χ3n) is 7.91. The molecule has 0 nitrogen and oxygen atoms in total. The zero-order valence-corrected chi connectivity index (χ0v) is 19.7. The largest absolute Gasteiger partial charge is 0.0654 e. The topological polar surface area (TPSA) is 0 Å². The molecule has 2 fully saturated rings. The van der Waals surface area contributed by atoms with Crippen molar-refractivity contribution in [2.75, 3.05) is 0 Å². The lowest BCUT2D eigenvalue weighted by atomic mass is 9.63. The van der Waals surface area contributed by atoms with E-state index in [1.807, 2.05) is 0 Å². The average molecular weight is 413 g/mol. The molecule has 4 atom stereocenters. The monoisotopic (exact) mass is 412 g/mol. The second-order valence-electron chi connectivity index (χ2n) is 10.2. The highest BCUT2D eigenvalue weighted by Crippen LogP contribution is 2.48. The van der Waals surface area contributed by atoms with Crippen LogP contribution in [0.25, 0.3) is 0 Å². The van der Waals surface area contributed by atoms with Crippen LogP contribution in [-0.4, -0.2) is 0 Å². The molecule has 0 heterocycles. The molecule has 0 saturated heterocycles. The molecule has 0 spiro atoms. The van der Waals surface area contributed by atoms with Crippen molar-refractivity contribution in [1.82, 2.24) is 0 Å². The highest BCUT2D eigenvalue weighted by molar-refractivity contribution is 5.44. The van der Waals surface area contributed by atoms with Gasteiger partial charge in [0.15, 0.2) is 0 Å². The Hall–Kier alpha value is -2.00. The Morgan fingerprint density at radius 1 is 0.710 bits per heavy atom. The molecule has 0 bridgehead atoms. The van der Waals surface area contributed by atoms with Crippen LogP contribution in [0.15, 0.2) is 48.5 Å². The molecule has 0 heteroatoms. The third kappa shape index (κ3) is 6.04. The van der Waals surface area contributed by atoms with Crippen molar-refractivity contribution < 1.29 is 0 Å². The molecule has 0 aromatic heterocycles. The van der Waals surface area contributed by atoms with Crippen molar-refractivity contribution >= 4 is 0 Å². The Bertz CT molecular complexity index is 861. The quantitative estimate of drug-likeness (QED) is 0.417. The van der Waals surface area contributed by atoms with Gasteiger partial charge in [-0.15, -0.1) is 0 Å². The van der Waals surface area contributed by atoms with Crippen molar-refractivity contribution in [2.24, 2.45) is 17.8 Å². The van der Waals surface area contributed by atoms with E-state index in [0.29, 0.717) is 0 Å². The van der Waals surface area contributed by atoms with Crippen LogP contribution in [0.3, 0.4) is 0 Å². The lowest BCUT2D eigenvalue weighted by Gasteiger charge is -2.42. The number of benzene rings is 2. The minimum atomic E-state index is 0.765. The van der Waals surface area contributed by atoms with Crippen molar-refractivity contribution in [1.29, 1.82) is 0 Å². The van der Waals surface area contributed by atoms with Gasteiger partial charge in [-0.05, 0) is 97.6 Å². The molecule has 2 aromatic rings. The van der Waals surface area contributed by atoms with E-state index >= 15 is 0 Å². The molecule has 0 N–H and O–H groups in total. The first-order valence-electron chi connectivity index (χ1n) is 13.0. The lowest BCUT2D eigenvalue weighted by molar-refractivity contribution is 0.113. The fraction of sp³-hybridized carbons (Fsp3) is 0.548. The summed E-state index contributed by atoms with van der Waals surface area (Å²) in [7, 11) is 0. The summed E-state index contributed by atoms with van der Waals surface area (Å²) in [5, 5.41) is 0. The molecule has 31 heavy (non-hydrogen) atoms. The Balaban J connectivity index is 1.32. The smallest absolute Gasteiger partial charge is 0.0249 e. The minimum absolute atomic E-state index is 0.765. The minimum Gasteiger partial charge on any atom is -0.0654 e. The molecule has 2 aliphatic carbocycles. The van der Waals surface area contributed by atoms with E-state index in [1.54, 1.807) is 5.56 Å². The normalized spacial score (nSPS) is 25.4. The van der Waals surface area contributed by atoms with Crippen LogP contribution < -0.4 is 0 Å². The molecular formula is C31H40. The first-order valence-corrected chi connectivity index (χ1v) is 13.0. The van der Waals surface area contributed by atoms with Gasteiger partial charge in [0.05, 0.1) is 0 Å². The molecule has 2 aliphatic rings. The fourth-order valence-electron chi connectivity index (χ4n) is 6.07. The molecule has 4 rings (SSSR count). The predicted octanol–water partition coefficient (Wildman–Crippen LogP) is 8.53. The molecule has 0 amide bonds. The van der Waals surface area contributed by atoms with Gasteiger partial charge in [0, 0.05) is 11.1 Å². The first-order chi connectivity index (χ1) is 15.2. The Kier molecular flexibility index (Phi) is 7.91. The van der Waals surface area contributed by atoms with Crippen LogP contribution in [0.4, 0.5) is 0 Å². The second-order valence-corrected chi connectivity index (χ2v) is 10.2. The van der Waals surface area contributed by atoms with Gasteiger partial charge in [-0.1, -0.05) is 82.1 Å². The molecular weight excluding hydrogens is 372 g/mol. The maximum atomic E-state index is 3.36. The maximum Gasteiger partial charge on any atom is 0.0249 e. The number of hydrogen-bond donors (Lipinski definition) is 0. The van der Waals surface area contributed by atoms with Crippen LogP contribution in [-0.2, 0) is 6.42 Å². The van der Waals surface area contributed by atoms with Gasteiger partial charge >= 0.3 is 0 Å². The molecule has 0 radical (unpaired) electrons. The SMILES string of the molecule is CCCCC1CC[C@@H]2C[C@H](c3ccc(C#Cc4ccc(CCC)cc4)cc3)CC[C@@H]2C1. The summed E-state index contributed by atoms with van der Waals surface area (Å²) in [6.07, 6.45) is 15.4. The summed E-state index contributed by atoms with van der Waals surface area (Å²) in [5.74, 6) is 10.5. The van der Waals surface area contributed by atoms with E-state index in [0.717, 1.165) is 41.2 Å². The Labute approximate surface area is 190 Å². The number of hydrogen-bond acceptors (Lipinski definition) is 0. The first kappa shape index (κ1) is 22.2. The summed E-state index contributed by atoms with van der Waals surface area (Å²) < 4.78 is 0. The van der Waals surface area contributed by atoms with Gasteiger partial charge in [-0.3, -0.25) is 0 Å². The molecule has 2 saturated carbocycles. The maximum absolute atomic E-state index is 3.36. The van der Waals surface area contributed by atoms with Crippen LogP contribution in [0, 0.1) is 29.6 Å². The van der Waals surface area contributed by atoms with Crippen molar-refractivity contribution in [3.8, 4) is 11.8 Å². The van der Waals surface area contributed by atoms with Gasteiger partial charge in [0.2, 0.25) is 0 Å². The standard InChI is InChI=1S/C31H40/c1-3-5-7-27-16-19-31-23-30(21-20-29(31)22-27)28-17-14-26(15-18-28)13-12-25-10-8-24(6-4-2)9-11-25/h8-11,14-15,17-18,27,29-31H,3-7,16,19-23H2,1-2H3/t27?,29-,30-,31-/m1/s1. The second kappa shape index (κ2) is 11.0. The van der Waals surface area contributed by atoms with E-state index in [9.17, 15) is 0 Å². The van der Waals surface area contributed by atoms with Crippen LogP contribution in [0.1, 0.15) is 106 Å². The molecule has 0 aliphatic heterocycles. The highest BCUT2D eigenvalue weighted by Gasteiger charge is 2.35. The summed E-state index contributed by atoms with van der Waals surface area (Å²) in [5.41, 5.74) is 5.19. The van der Waals surface area contributed by atoms with Crippen molar-refractivity contribution in [3.05, 3.63) is 70.8 Å². The highest BCUT2D eigenvalue weighted by atomic mass is 14.4. The third-order valence-corrected chi connectivity index (χ3v) is 7.91. The van der Waals surface area contributed by atoms with Crippen molar-refractivity contribution in [2.45, 2.75) is 90.4 Å². The van der Waals surface area contributed by atoms with Gasteiger partial charge in [-0.25, -0.2) is 0 Å². The summed E-state index contributed by atoms with van der Waals surface area (Å²) >= 11 is 0. The summed E-state index contributed by atoms with van der Waals surface area (Å²) in [6.45, 7) is 4.56. The molecule has 1 unspecified atom stereocenters. The van der Waals surface area contributed by atoms with E-state index < -0.39 is 0 Å². The van der Waals surface area contributed by atoms with E-state index in [1.165, 1.54) is 69.8 Å². The zero-order chi connectivity index (χ0) is 21.5. The van der Waals surface area contributed by atoms with E-state index in [2.05, 4.69) is 74.2 Å². The van der Waals surface area contributed by atoms with Crippen LogP contribution in [0.5, 0.6) is 0 Å². The average Bonchev–Trinajstić information content (AvgIpc) is 2.82. The Morgan fingerprint density at radius 3 is 2.03 bits per heavy atom. The molecule has 164 valence electrons. The zero-order valence-electron chi connectivity index (χ0n) is 19.7. The Morgan fingerprint density at radius 2 is 1.35 bits per heavy atom. The summed E-state index contributed by atoms with van der Waals surface area (Å²) in [6, 6.07) is 17.9. The van der Waals surface area contributed by atoms with Gasteiger partial charge in [0.1, 0.15) is 0 Å². The number of aryl methyl sites for hydroxylation is 1. The van der Waals surface area contributed by atoms with Gasteiger partial charge < -0.3 is 0 Å². The summed E-state index contributed by atoms with van der Waals surface area (Å²) in [4.78, 5) is 0. The van der Waals surface area contributed by atoms with E-state index in [4.69, 9.17) is 0 Å². The fourth-order valence-corrected chi connectivity index (χ4v) is 6.07. The lowest BCUT2D eigenvalue weighted by Crippen LogP contribution is -2.30. The van der Waals surface area contributed by atoms with Crippen molar-refractivity contribution in [3.63, 3.8) is 0 Å². The predicted molar refractivity (Wildman–Crippen MR) is 133 cm³/mol. The van der Waals surface area contributed by atoms with Crippen LogP contribution in [0.2, 0.25) is 0 Å². The van der Waals surface area contributed by atoms with Crippen LogP contribution >= 0.6 is 0 Å². The van der Waals surface area contributed by atoms with Gasteiger partial charge in [0.25, 0.3) is 0 Å².